The molecule has 6 aromatic rings. The van der Waals surface area contributed by atoms with Crippen LogP contribution in [0.15, 0.2) is 140 Å². The van der Waals surface area contributed by atoms with E-state index in [9.17, 15) is 9.59 Å². The molecule has 1 aromatic heterocycles. The molecule has 0 spiro atoms. The molecule has 3 heterocycles. The van der Waals surface area contributed by atoms with Crippen molar-refractivity contribution in [1.29, 1.82) is 0 Å². The van der Waals surface area contributed by atoms with E-state index in [4.69, 9.17) is 35.3 Å². The minimum Gasteiger partial charge on any atom is -0.452 e. The molecule has 9 heteroatoms. The van der Waals surface area contributed by atoms with Gasteiger partial charge in [-0.1, -0.05) is 109 Å². The van der Waals surface area contributed by atoms with Crippen molar-refractivity contribution in [2.45, 2.75) is 43.2 Å². The van der Waals surface area contributed by atoms with Crippen LogP contribution in [-0.4, -0.2) is 43.0 Å². The molecular weight excluding hydrogens is 684 g/mol. The first-order valence-electron chi connectivity index (χ1n) is 16.8. The Balaban J connectivity index is 1.18. The molecule has 0 N–H and O–H groups in total. The normalized spacial score (nSPS) is 22.9. The van der Waals surface area contributed by atoms with Gasteiger partial charge in [-0.25, -0.2) is 9.59 Å². The van der Waals surface area contributed by atoms with E-state index in [-0.39, 0.29) is 6.61 Å². The lowest BCUT2D eigenvalue weighted by atomic mass is 9.89. The van der Waals surface area contributed by atoms with Gasteiger partial charge in [0, 0.05) is 26.6 Å². The second-order valence-corrected chi connectivity index (χ2v) is 14.1. The summed E-state index contributed by atoms with van der Waals surface area (Å²) in [5, 5.41) is 1.78. The van der Waals surface area contributed by atoms with Crippen molar-refractivity contribution in [3.8, 4) is 0 Å². The Morgan fingerprint density at radius 3 is 2.00 bits per heavy atom. The maximum atomic E-state index is 13.8. The molecule has 256 valence electrons. The van der Waals surface area contributed by atoms with E-state index in [0.717, 1.165) is 16.0 Å². The topological polar surface area (TPSA) is 80.3 Å². The molecule has 5 aromatic carbocycles. The van der Waals surface area contributed by atoms with Crippen LogP contribution in [0.4, 0.5) is 0 Å². The van der Waals surface area contributed by atoms with E-state index < -0.39 is 48.7 Å². The Bertz CT molecular complexity index is 2110. The summed E-state index contributed by atoms with van der Waals surface area (Å²) in [6.45, 7) is 0.154. The number of rotatable bonds is 8. The number of benzene rings is 5. The van der Waals surface area contributed by atoms with Crippen molar-refractivity contribution in [1.82, 2.24) is 0 Å². The number of hydrogen-bond donors (Lipinski definition) is 0. The average Bonchev–Trinajstić information content (AvgIpc) is 3.60. The van der Waals surface area contributed by atoms with Crippen molar-refractivity contribution in [2.75, 3.05) is 6.61 Å². The maximum absolute atomic E-state index is 13.8. The van der Waals surface area contributed by atoms with Crippen LogP contribution in [0.5, 0.6) is 0 Å². The fraction of sp³-hybridized carbons (Fsp3) is 0.190. The quantitative estimate of drug-likeness (QED) is 0.145. The van der Waals surface area contributed by atoms with Crippen molar-refractivity contribution >= 4 is 45.0 Å². The standard InChI is InChI=1S/C42H33ClO7S/c43-33-21-20-30(22-31(33)24-32-23-29-18-10-11-19-35(29)51-32)36-38(48-40(44)26-12-4-1-5-13-26)39(49-41(45)27-14-6-2-7-15-27)37-34(47-36)25-46-42(50-37)28-16-8-3-9-17-28/h1-23,34,36-39,42H,24-25H2/t34?,36?,37-,38+,39?,42?/m1/s1. The van der Waals surface area contributed by atoms with Gasteiger partial charge in [0.25, 0.3) is 0 Å². The van der Waals surface area contributed by atoms with Gasteiger partial charge in [0.15, 0.2) is 18.5 Å². The lowest BCUT2D eigenvalue weighted by molar-refractivity contribution is -0.328. The summed E-state index contributed by atoms with van der Waals surface area (Å²) in [4.78, 5) is 28.7. The fourth-order valence-corrected chi connectivity index (χ4v) is 7.92. The molecule has 6 atom stereocenters. The minimum atomic E-state index is -1.10. The van der Waals surface area contributed by atoms with Crippen molar-refractivity contribution in [3.05, 3.63) is 177 Å². The lowest BCUT2D eigenvalue weighted by Gasteiger charge is -2.48. The molecule has 2 aliphatic rings. The van der Waals surface area contributed by atoms with Gasteiger partial charge < -0.3 is 23.7 Å². The van der Waals surface area contributed by atoms with Crippen molar-refractivity contribution in [3.63, 3.8) is 0 Å². The van der Waals surface area contributed by atoms with Crippen LogP contribution < -0.4 is 0 Å². The Morgan fingerprint density at radius 1 is 0.686 bits per heavy atom. The van der Waals surface area contributed by atoms with Crippen molar-refractivity contribution in [2.24, 2.45) is 0 Å². The fourth-order valence-electron chi connectivity index (χ4n) is 6.64. The zero-order valence-corrected chi connectivity index (χ0v) is 28.9. The zero-order chi connectivity index (χ0) is 34.7. The summed E-state index contributed by atoms with van der Waals surface area (Å²) >= 11 is 8.52. The Morgan fingerprint density at radius 2 is 1.31 bits per heavy atom. The number of halogens is 1. The maximum Gasteiger partial charge on any atom is 0.338 e. The third-order valence-electron chi connectivity index (χ3n) is 9.14. The van der Waals surface area contributed by atoms with Gasteiger partial charge in [-0.3, -0.25) is 0 Å². The molecule has 0 radical (unpaired) electrons. The first-order chi connectivity index (χ1) is 25.0. The molecule has 0 bridgehead atoms. The summed E-state index contributed by atoms with van der Waals surface area (Å²) in [6.07, 6.45) is -4.66. The monoisotopic (exact) mass is 716 g/mol. The first kappa shape index (κ1) is 33.3. The molecule has 2 fully saturated rings. The van der Waals surface area contributed by atoms with Gasteiger partial charge in [0.2, 0.25) is 0 Å². The molecule has 2 aliphatic heterocycles. The molecule has 0 saturated carbocycles. The third kappa shape index (κ3) is 7.19. The van der Waals surface area contributed by atoms with Gasteiger partial charge >= 0.3 is 11.9 Å². The molecule has 0 amide bonds. The van der Waals surface area contributed by atoms with Crippen LogP contribution in [0, 0.1) is 0 Å². The number of esters is 2. The average molecular weight is 717 g/mol. The summed E-state index contributed by atoms with van der Waals surface area (Å²) < 4.78 is 33.3. The molecule has 4 unspecified atom stereocenters. The van der Waals surface area contributed by atoms with E-state index in [0.29, 0.717) is 28.1 Å². The number of fused-ring (bicyclic) bond motifs is 2. The number of hydrogen-bond acceptors (Lipinski definition) is 8. The molecule has 7 nitrogen and oxygen atoms in total. The molecule has 51 heavy (non-hydrogen) atoms. The summed E-state index contributed by atoms with van der Waals surface area (Å²) in [6, 6.07) is 43.0. The Labute approximate surface area is 304 Å². The molecular formula is C42H33ClO7S. The summed E-state index contributed by atoms with van der Waals surface area (Å²) in [5.41, 5.74) is 3.10. The molecule has 0 aliphatic carbocycles. The first-order valence-corrected chi connectivity index (χ1v) is 17.9. The smallest absolute Gasteiger partial charge is 0.338 e. The predicted octanol–water partition coefficient (Wildman–Crippen LogP) is 9.15. The van der Waals surface area contributed by atoms with Crippen LogP contribution in [0.1, 0.15) is 54.7 Å². The Hall–Kier alpha value is -4.83. The predicted molar refractivity (Wildman–Crippen MR) is 195 cm³/mol. The van der Waals surface area contributed by atoms with E-state index in [2.05, 4.69) is 18.2 Å². The van der Waals surface area contributed by atoms with Crippen LogP contribution in [0.2, 0.25) is 5.02 Å². The Kier molecular flexibility index (Phi) is 9.67. The zero-order valence-electron chi connectivity index (χ0n) is 27.3. The second-order valence-electron chi connectivity index (χ2n) is 12.5. The highest BCUT2D eigenvalue weighted by Gasteiger charge is 2.54. The summed E-state index contributed by atoms with van der Waals surface area (Å²) in [5.74, 6) is -1.16. The van der Waals surface area contributed by atoms with Gasteiger partial charge in [-0.15, -0.1) is 11.3 Å². The van der Waals surface area contributed by atoms with E-state index in [1.807, 2.05) is 72.8 Å². The van der Waals surface area contributed by atoms with E-state index >= 15 is 0 Å². The van der Waals surface area contributed by atoms with Crippen LogP contribution in [0.25, 0.3) is 10.1 Å². The number of carbonyl (C=O) groups excluding carboxylic acids is 2. The van der Waals surface area contributed by atoms with Crippen LogP contribution >= 0.6 is 22.9 Å². The number of thiophene rings is 1. The van der Waals surface area contributed by atoms with Crippen molar-refractivity contribution < 1.29 is 33.3 Å². The highest BCUT2D eigenvalue weighted by Crippen LogP contribution is 2.43. The summed E-state index contributed by atoms with van der Waals surface area (Å²) in [7, 11) is 0. The largest absolute Gasteiger partial charge is 0.452 e. The van der Waals surface area contributed by atoms with Gasteiger partial charge in [0.05, 0.1) is 17.7 Å². The van der Waals surface area contributed by atoms with E-state index in [1.165, 1.54) is 10.1 Å². The van der Waals surface area contributed by atoms with Crippen LogP contribution in [0.3, 0.4) is 0 Å². The van der Waals surface area contributed by atoms with Gasteiger partial charge in [0.1, 0.15) is 18.3 Å². The molecule has 8 rings (SSSR count). The number of ether oxygens (including phenoxy) is 5. The van der Waals surface area contributed by atoms with Gasteiger partial charge in [-0.05, 0) is 59.0 Å². The highest BCUT2D eigenvalue weighted by atomic mass is 35.5. The number of carbonyl (C=O) groups is 2. The van der Waals surface area contributed by atoms with Crippen LogP contribution in [-0.2, 0) is 30.1 Å². The lowest BCUT2D eigenvalue weighted by Crippen LogP contribution is -2.61. The minimum absolute atomic E-state index is 0.154. The van der Waals surface area contributed by atoms with E-state index in [1.54, 1.807) is 59.9 Å². The highest BCUT2D eigenvalue weighted by molar-refractivity contribution is 7.19. The third-order valence-corrected chi connectivity index (χ3v) is 10.6. The molecule has 2 saturated heterocycles. The second kappa shape index (κ2) is 14.8. The SMILES string of the molecule is O=C(OC1[C@@H]2OC(c3ccccc3)OCC2OC(c2ccc(Cl)c(Cc3cc4ccccc4s3)c2)[C@@H]1OC(=O)c1ccccc1)c1ccccc1. The van der Waals surface area contributed by atoms with Gasteiger partial charge in [-0.2, -0.15) is 0 Å².